The molecule has 1 aromatic rings. The quantitative estimate of drug-likeness (QED) is 0.775. The van der Waals surface area contributed by atoms with Crippen LogP contribution in [0.1, 0.15) is 45.2 Å². The Morgan fingerprint density at radius 1 is 1.33 bits per heavy atom. The standard InChI is InChI=1S/C16H26N2O2.ClH/c1-4-20-15-8-6-5-7-13(15)14(11-12(2)3)18-16(19)9-10-17;/h5-8,12,14H,4,9-11,17H2,1-3H3,(H,18,19);1H. The Kier molecular flexibility index (Phi) is 9.84. The van der Waals surface area contributed by atoms with Crippen molar-refractivity contribution in [2.45, 2.75) is 39.7 Å². The van der Waals surface area contributed by atoms with Crippen LogP contribution >= 0.6 is 12.4 Å². The third kappa shape index (κ3) is 6.82. The van der Waals surface area contributed by atoms with Crippen molar-refractivity contribution in [3.05, 3.63) is 29.8 Å². The molecule has 5 heteroatoms. The zero-order valence-electron chi connectivity index (χ0n) is 13.1. The number of hydrogen-bond donors (Lipinski definition) is 2. The molecule has 4 nitrogen and oxygen atoms in total. The predicted octanol–water partition coefficient (Wildman–Crippen LogP) is 3.06. The molecule has 0 aliphatic heterocycles. The smallest absolute Gasteiger partial charge is 0.221 e. The van der Waals surface area contributed by atoms with Gasteiger partial charge < -0.3 is 15.8 Å². The minimum atomic E-state index is -0.0307. The number of carbonyl (C=O) groups excluding carboxylic acids is 1. The van der Waals surface area contributed by atoms with Gasteiger partial charge in [0.25, 0.3) is 0 Å². The van der Waals surface area contributed by atoms with Gasteiger partial charge in [0.15, 0.2) is 0 Å². The Hall–Kier alpha value is -1.26. The van der Waals surface area contributed by atoms with Gasteiger partial charge in [-0.25, -0.2) is 0 Å². The van der Waals surface area contributed by atoms with Crippen molar-refractivity contribution in [2.75, 3.05) is 13.2 Å². The summed E-state index contributed by atoms with van der Waals surface area (Å²) in [5.41, 5.74) is 6.47. The molecule has 0 heterocycles. The van der Waals surface area contributed by atoms with Crippen LogP contribution in [0.15, 0.2) is 24.3 Å². The maximum absolute atomic E-state index is 11.8. The van der Waals surface area contributed by atoms with Crippen molar-refractivity contribution < 1.29 is 9.53 Å². The van der Waals surface area contributed by atoms with Crippen molar-refractivity contribution in [1.82, 2.24) is 5.32 Å². The zero-order chi connectivity index (χ0) is 15.0. The van der Waals surface area contributed by atoms with E-state index in [-0.39, 0.29) is 24.4 Å². The van der Waals surface area contributed by atoms with Crippen molar-refractivity contribution in [3.63, 3.8) is 0 Å². The molecule has 0 aromatic heterocycles. The van der Waals surface area contributed by atoms with Gasteiger partial charge in [-0.1, -0.05) is 32.0 Å². The first-order chi connectivity index (χ1) is 9.58. The topological polar surface area (TPSA) is 64.3 Å². The monoisotopic (exact) mass is 314 g/mol. The number of nitrogens with one attached hydrogen (secondary N) is 1. The van der Waals surface area contributed by atoms with E-state index in [1.54, 1.807) is 0 Å². The lowest BCUT2D eigenvalue weighted by molar-refractivity contribution is -0.121. The number of hydrogen-bond acceptors (Lipinski definition) is 3. The van der Waals surface area contributed by atoms with Gasteiger partial charge in [0, 0.05) is 18.5 Å². The molecule has 0 spiro atoms. The van der Waals surface area contributed by atoms with E-state index >= 15 is 0 Å². The number of rotatable bonds is 8. The number of para-hydroxylation sites is 1. The molecular weight excluding hydrogens is 288 g/mol. The molecule has 1 unspecified atom stereocenters. The van der Waals surface area contributed by atoms with E-state index in [1.807, 2.05) is 31.2 Å². The van der Waals surface area contributed by atoms with Gasteiger partial charge in [-0.2, -0.15) is 0 Å². The van der Waals surface area contributed by atoms with E-state index in [2.05, 4.69) is 19.2 Å². The summed E-state index contributed by atoms with van der Waals surface area (Å²) in [7, 11) is 0. The molecule has 120 valence electrons. The number of benzene rings is 1. The van der Waals surface area contributed by atoms with Crippen molar-refractivity contribution in [3.8, 4) is 5.75 Å². The Bertz CT molecular complexity index is 424. The number of halogens is 1. The first kappa shape index (κ1) is 19.7. The van der Waals surface area contributed by atoms with Crippen LogP contribution in [0.2, 0.25) is 0 Å². The average molecular weight is 315 g/mol. The molecule has 1 atom stereocenters. The highest BCUT2D eigenvalue weighted by molar-refractivity contribution is 5.85. The number of carbonyl (C=O) groups is 1. The van der Waals surface area contributed by atoms with Crippen LogP contribution in [0.4, 0.5) is 0 Å². The van der Waals surface area contributed by atoms with Crippen LogP contribution in [0, 0.1) is 5.92 Å². The van der Waals surface area contributed by atoms with Crippen molar-refractivity contribution in [2.24, 2.45) is 11.7 Å². The SMILES string of the molecule is CCOc1ccccc1C(CC(C)C)NC(=O)CCN.Cl. The number of nitrogens with two attached hydrogens (primary N) is 1. The summed E-state index contributed by atoms with van der Waals surface area (Å²) >= 11 is 0. The second-order valence-corrected chi connectivity index (χ2v) is 5.26. The van der Waals surface area contributed by atoms with Crippen molar-refractivity contribution >= 4 is 18.3 Å². The van der Waals surface area contributed by atoms with E-state index < -0.39 is 0 Å². The van der Waals surface area contributed by atoms with E-state index in [0.717, 1.165) is 17.7 Å². The van der Waals surface area contributed by atoms with Crippen molar-refractivity contribution in [1.29, 1.82) is 0 Å². The Morgan fingerprint density at radius 2 is 2.00 bits per heavy atom. The summed E-state index contributed by atoms with van der Waals surface area (Å²) in [4.78, 5) is 11.8. The lowest BCUT2D eigenvalue weighted by Crippen LogP contribution is -2.31. The lowest BCUT2D eigenvalue weighted by Gasteiger charge is -2.23. The van der Waals surface area contributed by atoms with Crippen LogP contribution in [-0.2, 0) is 4.79 Å². The van der Waals surface area contributed by atoms with Gasteiger partial charge in [-0.15, -0.1) is 12.4 Å². The largest absolute Gasteiger partial charge is 0.494 e. The Morgan fingerprint density at radius 3 is 2.57 bits per heavy atom. The average Bonchev–Trinajstić information content (AvgIpc) is 2.39. The summed E-state index contributed by atoms with van der Waals surface area (Å²) in [6.07, 6.45) is 1.23. The van der Waals surface area contributed by atoms with Gasteiger partial charge in [-0.05, 0) is 25.3 Å². The maximum atomic E-state index is 11.8. The minimum Gasteiger partial charge on any atom is -0.494 e. The highest BCUT2D eigenvalue weighted by Crippen LogP contribution is 2.29. The molecule has 0 saturated carbocycles. The molecule has 1 aromatic carbocycles. The van der Waals surface area contributed by atoms with Crippen LogP contribution in [0.5, 0.6) is 5.75 Å². The van der Waals surface area contributed by atoms with E-state index in [4.69, 9.17) is 10.5 Å². The summed E-state index contributed by atoms with van der Waals surface area (Å²) < 4.78 is 5.67. The molecule has 1 amide bonds. The third-order valence-corrected chi connectivity index (χ3v) is 3.01. The highest BCUT2D eigenvalue weighted by atomic mass is 35.5. The van der Waals surface area contributed by atoms with Gasteiger partial charge >= 0.3 is 0 Å². The zero-order valence-corrected chi connectivity index (χ0v) is 13.9. The molecular formula is C16H27ClN2O2. The molecule has 0 bridgehead atoms. The fourth-order valence-electron chi connectivity index (χ4n) is 2.19. The first-order valence-electron chi connectivity index (χ1n) is 7.29. The minimum absolute atomic E-state index is 0. The van der Waals surface area contributed by atoms with Gasteiger partial charge in [0.05, 0.1) is 12.6 Å². The number of ether oxygens (including phenoxy) is 1. The Balaban J connectivity index is 0.00000400. The molecule has 1 rings (SSSR count). The fourth-order valence-corrected chi connectivity index (χ4v) is 2.19. The second kappa shape index (κ2) is 10.5. The van der Waals surface area contributed by atoms with E-state index in [0.29, 0.717) is 25.5 Å². The van der Waals surface area contributed by atoms with Crippen LogP contribution < -0.4 is 15.8 Å². The summed E-state index contributed by atoms with van der Waals surface area (Å²) in [5.74, 6) is 1.31. The molecule has 0 fully saturated rings. The van der Waals surface area contributed by atoms with Crippen LogP contribution in [0.3, 0.4) is 0 Å². The van der Waals surface area contributed by atoms with Gasteiger partial charge in [-0.3, -0.25) is 4.79 Å². The molecule has 0 aliphatic rings. The summed E-state index contributed by atoms with van der Waals surface area (Å²) in [6.45, 7) is 7.23. The lowest BCUT2D eigenvalue weighted by atomic mass is 9.96. The third-order valence-electron chi connectivity index (χ3n) is 3.01. The fraction of sp³-hybridized carbons (Fsp3) is 0.562. The molecule has 0 saturated heterocycles. The highest BCUT2D eigenvalue weighted by Gasteiger charge is 2.19. The molecule has 21 heavy (non-hydrogen) atoms. The maximum Gasteiger partial charge on any atom is 0.221 e. The molecule has 0 radical (unpaired) electrons. The number of amides is 1. The van der Waals surface area contributed by atoms with Gasteiger partial charge in [0.1, 0.15) is 5.75 Å². The van der Waals surface area contributed by atoms with Crippen LogP contribution in [-0.4, -0.2) is 19.1 Å². The van der Waals surface area contributed by atoms with Crippen LogP contribution in [0.25, 0.3) is 0 Å². The van der Waals surface area contributed by atoms with E-state index in [1.165, 1.54) is 0 Å². The normalized spacial score (nSPS) is 11.7. The first-order valence-corrected chi connectivity index (χ1v) is 7.29. The van der Waals surface area contributed by atoms with E-state index in [9.17, 15) is 4.79 Å². The molecule has 3 N–H and O–H groups in total. The van der Waals surface area contributed by atoms with Gasteiger partial charge in [0.2, 0.25) is 5.91 Å². The Labute approximate surface area is 133 Å². The second-order valence-electron chi connectivity index (χ2n) is 5.26. The summed E-state index contributed by atoms with van der Waals surface area (Å²) in [5, 5.41) is 3.07. The molecule has 0 aliphatic carbocycles. The predicted molar refractivity (Wildman–Crippen MR) is 88.9 cm³/mol. The summed E-state index contributed by atoms with van der Waals surface area (Å²) in [6, 6.07) is 7.85.